The van der Waals surface area contributed by atoms with Crippen LogP contribution >= 0.6 is 0 Å². The third kappa shape index (κ3) is 1.73. The standard InChI is InChI=1S/C10H16/c1-8(2)10-6-4-9(3)5-7-10/h4,10H,1,5-7H2,2-3H3/i2D3. The van der Waals surface area contributed by atoms with E-state index in [-0.39, 0.29) is 5.92 Å². The molecule has 0 fully saturated rings. The first-order valence-electron chi connectivity index (χ1n) is 5.26. The molecule has 0 N–H and O–H groups in total. The molecule has 0 aromatic heterocycles. The summed E-state index contributed by atoms with van der Waals surface area (Å²) in [6.45, 7) is 3.81. The molecule has 0 spiro atoms. The number of allylic oxidation sites excluding steroid dienone is 3. The van der Waals surface area contributed by atoms with Gasteiger partial charge in [0, 0.05) is 4.11 Å². The lowest BCUT2D eigenvalue weighted by atomic mass is 9.86. The SMILES string of the molecule is [2H]C([2H])([2H])C(=C)C1CC=C(C)CC1. The number of rotatable bonds is 1. The molecule has 1 aliphatic rings. The maximum Gasteiger partial charge on any atom is 0.0276 e. The summed E-state index contributed by atoms with van der Waals surface area (Å²) >= 11 is 0. The predicted octanol–water partition coefficient (Wildman–Crippen LogP) is 3.31. The van der Waals surface area contributed by atoms with Gasteiger partial charge in [-0.2, -0.15) is 0 Å². The second kappa shape index (κ2) is 3.05. The van der Waals surface area contributed by atoms with Gasteiger partial charge in [0.2, 0.25) is 0 Å². The van der Waals surface area contributed by atoms with Gasteiger partial charge in [0.05, 0.1) is 0 Å². The highest BCUT2D eigenvalue weighted by atomic mass is 14.2. The fourth-order valence-electron chi connectivity index (χ4n) is 1.28. The summed E-state index contributed by atoms with van der Waals surface area (Å²) in [5.41, 5.74) is 1.80. The Bertz CT molecular complexity index is 235. The van der Waals surface area contributed by atoms with Crippen molar-refractivity contribution in [2.75, 3.05) is 0 Å². The summed E-state index contributed by atoms with van der Waals surface area (Å²) in [5.74, 6) is 0.163. The molecule has 0 amide bonds. The lowest BCUT2D eigenvalue weighted by molar-refractivity contribution is 0.540. The van der Waals surface area contributed by atoms with E-state index in [4.69, 9.17) is 4.11 Å². The summed E-state index contributed by atoms with van der Waals surface area (Å²) in [5, 5.41) is 0. The topological polar surface area (TPSA) is 0 Å². The van der Waals surface area contributed by atoms with Crippen LogP contribution in [0.5, 0.6) is 0 Å². The van der Waals surface area contributed by atoms with Crippen LogP contribution in [0.1, 0.15) is 37.2 Å². The van der Waals surface area contributed by atoms with Crippen LogP contribution < -0.4 is 0 Å². The Morgan fingerprint density at radius 1 is 1.90 bits per heavy atom. The van der Waals surface area contributed by atoms with Crippen molar-refractivity contribution < 1.29 is 4.11 Å². The van der Waals surface area contributed by atoms with Crippen molar-refractivity contribution in [3.63, 3.8) is 0 Å². The van der Waals surface area contributed by atoms with Crippen molar-refractivity contribution in [1.29, 1.82) is 0 Å². The zero-order valence-corrected chi connectivity index (χ0v) is 6.48. The Hall–Kier alpha value is -0.520. The first-order chi connectivity index (χ1) is 5.91. The molecule has 0 bridgehead atoms. The summed E-state index contributed by atoms with van der Waals surface area (Å²) in [4.78, 5) is 0. The van der Waals surface area contributed by atoms with Gasteiger partial charge in [-0.15, -0.1) is 0 Å². The largest absolute Gasteiger partial charge is 0.0998 e. The van der Waals surface area contributed by atoms with Crippen LogP contribution in [0.3, 0.4) is 0 Å². The van der Waals surface area contributed by atoms with E-state index in [0.717, 1.165) is 19.3 Å². The molecule has 0 aromatic rings. The molecule has 1 aliphatic carbocycles. The number of hydrogen-bond acceptors (Lipinski definition) is 0. The molecule has 1 rings (SSSR count). The van der Waals surface area contributed by atoms with Crippen LogP contribution in [0, 0.1) is 5.92 Å². The minimum absolute atomic E-state index is 0.163. The van der Waals surface area contributed by atoms with E-state index in [0.29, 0.717) is 5.57 Å². The van der Waals surface area contributed by atoms with Crippen LogP contribution in [0.15, 0.2) is 23.8 Å². The van der Waals surface area contributed by atoms with Gasteiger partial charge in [0.15, 0.2) is 0 Å². The van der Waals surface area contributed by atoms with Crippen molar-refractivity contribution in [3.8, 4) is 0 Å². The van der Waals surface area contributed by atoms with Gasteiger partial charge < -0.3 is 0 Å². The van der Waals surface area contributed by atoms with E-state index in [1.165, 1.54) is 5.57 Å². The maximum atomic E-state index is 7.24. The van der Waals surface area contributed by atoms with Crippen molar-refractivity contribution in [1.82, 2.24) is 0 Å². The lowest BCUT2D eigenvalue weighted by Crippen LogP contribution is -2.04. The summed E-state index contributed by atoms with van der Waals surface area (Å²) in [7, 11) is 0. The highest BCUT2D eigenvalue weighted by molar-refractivity contribution is 5.09. The molecule has 0 saturated carbocycles. The zero-order valence-electron chi connectivity index (χ0n) is 9.48. The molecule has 0 nitrogen and oxygen atoms in total. The summed E-state index contributed by atoms with van der Waals surface area (Å²) in [6.07, 6.45) is 4.94. The van der Waals surface area contributed by atoms with Crippen molar-refractivity contribution in [2.45, 2.75) is 33.0 Å². The molecular weight excluding hydrogens is 120 g/mol. The normalized spacial score (nSPS) is 31.5. The highest BCUT2D eigenvalue weighted by Gasteiger charge is 2.11. The molecular formula is C10H16. The third-order valence-electron chi connectivity index (χ3n) is 2.13. The average Bonchev–Trinajstić information content (AvgIpc) is 2.03. The second-order valence-corrected chi connectivity index (χ2v) is 3.05. The van der Waals surface area contributed by atoms with Gasteiger partial charge in [0.25, 0.3) is 0 Å². The third-order valence-corrected chi connectivity index (χ3v) is 2.13. The minimum atomic E-state index is -1.97. The first kappa shape index (κ1) is 4.38. The average molecular weight is 139 g/mol. The van der Waals surface area contributed by atoms with Crippen molar-refractivity contribution in [3.05, 3.63) is 23.8 Å². The van der Waals surface area contributed by atoms with E-state index in [1.807, 2.05) is 0 Å². The van der Waals surface area contributed by atoms with Gasteiger partial charge in [0.1, 0.15) is 0 Å². The fourth-order valence-corrected chi connectivity index (χ4v) is 1.28. The minimum Gasteiger partial charge on any atom is -0.0998 e. The molecule has 1 atom stereocenters. The summed E-state index contributed by atoms with van der Waals surface area (Å²) < 4.78 is 21.7. The van der Waals surface area contributed by atoms with Crippen molar-refractivity contribution in [2.24, 2.45) is 5.92 Å². The monoisotopic (exact) mass is 139 g/mol. The molecule has 1 unspecified atom stereocenters. The van der Waals surface area contributed by atoms with E-state index in [9.17, 15) is 0 Å². The zero-order chi connectivity index (χ0) is 10.1. The smallest absolute Gasteiger partial charge is 0.0276 e. The molecule has 0 heteroatoms. The van der Waals surface area contributed by atoms with Crippen LogP contribution in [0.2, 0.25) is 0 Å². The molecule has 0 aliphatic heterocycles. The summed E-state index contributed by atoms with van der Waals surface area (Å²) in [6, 6.07) is 0. The molecule has 0 heterocycles. The fraction of sp³-hybridized carbons (Fsp3) is 0.600. The molecule has 0 aromatic carbocycles. The highest BCUT2D eigenvalue weighted by Crippen LogP contribution is 2.27. The van der Waals surface area contributed by atoms with E-state index < -0.39 is 6.85 Å². The Labute approximate surface area is 67.9 Å². The number of hydrogen-bond donors (Lipinski definition) is 0. The van der Waals surface area contributed by atoms with Crippen LogP contribution in [0.4, 0.5) is 0 Å². The first-order valence-corrected chi connectivity index (χ1v) is 3.76. The van der Waals surface area contributed by atoms with Gasteiger partial charge in [-0.05, 0) is 39.0 Å². The van der Waals surface area contributed by atoms with Gasteiger partial charge >= 0.3 is 0 Å². The van der Waals surface area contributed by atoms with Crippen LogP contribution in [-0.2, 0) is 0 Å². The van der Waals surface area contributed by atoms with Crippen molar-refractivity contribution >= 4 is 0 Å². The van der Waals surface area contributed by atoms with E-state index in [1.54, 1.807) is 0 Å². The van der Waals surface area contributed by atoms with Gasteiger partial charge in [-0.3, -0.25) is 0 Å². The quantitative estimate of drug-likeness (QED) is 0.489. The second-order valence-electron chi connectivity index (χ2n) is 3.05. The molecule has 56 valence electrons. The molecule has 10 heavy (non-hydrogen) atoms. The molecule has 0 radical (unpaired) electrons. The molecule has 0 saturated heterocycles. The van der Waals surface area contributed by atoms with Crippen LogP contribution in [0.25, 0.3) is 0 Å². The predicted molar refractivity (Wildman–Crippen MR) is 45.9 cm³/mol. The lowest BCUT2D eigenvalue weighted by Gasteiger charge is -2.19. The Morgan fingerprint density at radius 2 is 2.70 bits per heavy atom. The van der Waals surface area contributed by atoms with E-state index >= 15 is 0 Å². The van der Waals surface area contributed by atoms with Gasteiger partial charge in [-0.1, -0.05) is 23.8 Å². The Morgan fingerprint density at radius 3 is 3.20 bits per heavy atom. The van der Waals surface area contributed by atoms with E-state index in [2.05, 4.69) is 19.6 Å². The van der Waals surface area contributed by atoms with Gasteiger partial charge in [-0.25, -0.2) is 0 Å². The Kier molecular flexibility index (Phi) is 1.33. The van der Waals surface area contributed by atoms with Crippen LogP contribution in [-0.4, -0.2) is 0 Å². The Balaban J connectivity index is 2.61. The maximum absolute atomic E-state index is 7.24.